The van der Waals surface area contributed by atoms with Crippen LogP contribution in [0.15, 0.2) is 59.7 Å². The van der Waals surface area contributed by atoms with E-state index in [4.69, 9.17) is 0 Å². The molecule has 0 saturated heterocycles. The summed E-state index contributed by atoms with van der Waals surface area (Å²) in [4.78, 5) is 24.0. The Balaban J connectivity index is 1.87. The van der Waals surface area contributed by atoms with E-state index >= 15 is 0 Å². The molecule has 0 amide bonds. The Bertz CT molecular complexity index is 1340. The highest BCUT2D eigenvalue weighted by Gasteiger charge is 2.16. The molecule has 0 atom stereocenters. The van der Waals surface area contributed by atoms with Crippen molar-refractivity contribution >= 4 is 54.0 Å². The van der Waals surface area contributed by atoms with Crippen LogP contribution in [0.5, 0.6) is 0 Å². The van der Waals surface area contributed by atoms with Crippen molar-refractivity contribution < 1.29 is 4.39 Å². The van der Waals surface area contributed by atoms with Crippen molar-refractivity contribution in [1.29, 1.82) is 0 Å². The van der Waals surface area contributed by atoms with Crippen molar-refractivity contribution in [3.8, 4) is 0 Å². The second-order valence-electron chi connectivity index (χ2n) is 5.82. The lowest BCUT2D eigenvalue weighted by Gasteiger charge is -2.05. The fourth-order valence-corrected chi connectivity index (χ4v) is 4.17. The fourth-order valence-electron chi connectivity index (χ4n) is 3.15. The predicted molar refractivity (Wildman–Crippen MR) is 103 cm³/mol. The first-order chi connectivity index (χ1) is 12.7. The van der Waals surface area contributed by atoms with Crippen LogP contribution in [0.25, 0.3) is 31.8 Å². The zero-order chi connectivity index (χ0) is 17.7. The van der Waals surface area contributed by atoms with E-state index in [-0.39, 0.29) is 11.4 Å². The molecule has 5 rings (SSSR count). The number of nitrogens with one attached hydrogen (secondary N) is 2. The summed E-state index contributed by atoms with van der Waals surface area (Å²) < 4.78 is 14.7. The van der Waals surface area contributed by atoms with Crippen LogP contribution in [-0.4, -0.2) is 15.0 Å². The summed E-state index contributed by atoms with van der Waals surface area (Å²) in [5.41, 5.74) is 0.495. The first kappa shape index (κ1) is 15.0. The van der Waals surface area contributed by atoms with Gasteiger partial charge in [-0.25, -0.2) is 14.4 Å². The average Bonchev–Trinajstić information content (AvgIpc) is 3.06. The molecule has 0 aliphatic heterocycles. The number of benzene rings is 2. The maximum Gasteiger partial charge on any atom is 0.256 e. The van der Waals surface area contributed by atoms with Gasteiger partial charge in [0.1, 0.15) is 11.6 Å². The van der Waals surface area contributed by atoms with E-state index in [1.165, 1.54) is 23.5 Å². The van der Waals surface area contributed by atoms with E-state index in [1.807, 2.05) is 24.3 Å². The molecule has 0 aliphatic carbocycles. The molecule has 0 spiro atoms. The van der Waals surface area contributed by atoms with Gasteiger partial charge >= 0.3 is 0 Å². The minimum absolute atomic E-state index is 0.243. The molecular weight excluding hydrogens is 351 g/mol. The van der Waals surface area contributed by atoms with Crippen LogP contribution in [0.4, 0.5) is 15.3 Å². The summed E-state index contributed by atoms with van der Waals surface area (Å²) in [6.07, 6.45) is 3.30. The van der Waals surface area contributed by atoms with Crippen LogP contribution in [-0.2, 0) is 0 Å². The minimum atomic E-state index is -0.386. The SMILES string of the molecule is O=c1[nH]ccc2c3sc(Nc4ccccn4)nc3c3ccc(F)cc3c12. The van der Waals surface area contributed by atoms with Crippen molar-refractivity contribution in [3.63, 3.8) is 0 Å². The quantitative estimate of drug-likeness (QED) is 0.451. The van der Waals surface area contributed by atoms with Crippen LogP contribution in [0.3, 0.4) is 0 Å². The highest BCUT2D eigenvalue weighted by molar-refractivity contribution is 7.23. The van der Waals surface area contributed by atoms with Crippen LogP contribution in [0.2, 0.25) is 0 Å². The molecule has 5 aromatic rings. The summed E-state index contributed by atoms with van der Waals surface area (Å²) in [5, 5.41) is 6.39. The number of rotatable bonds is 2. The molecule has 26 heavy (non-hydrogen) atoms. The number of halogens is 1. The second-order valence-corrected chi connectivity index (χ2v) is 6.82. The standard InChI is InChI=1S/C19H11FN4OS/c20-10-4-5-11-13(9-10)15-12(6-8-22-18(15)25)17-16(11)24-19(26-17)23-14-3-1-2-7-21-14/h1-9H,(H,22,25)(H,21,23,24). The van der Waals surface area contributed by atoms with Crippen molar-refractivity contribution in [2.24, 2.45) is 0 Å². The third kappa shape index (κ3) is 2.25. The molecule has 0 fully saturated rings. The highest BCUT2D eigenvalue weighted by Crippen LogP contribution is 2.38. The van der Waals surface area contributed by atoms with E-state index in [0.29, 0.717) is 21.7 Å². The minimum Gasteiger partial charge on any atom is -0.329 e. The Morgan fingerprint density at radius 3 is 2.85 bits per heavy atom. The maximum absolute atomic E-state index is 13.8. The molecule has 126 valence electrons. The predicted octanol–water partition coefficient (Wildman–Crippen LogP) is 4.57. The van der Waals surface area contributed by atoms with E-state index < -0.39 is 0 Å². The fraction of sp³-hybridized carbons (Fsp3) is 0. The number of hydrogen-bond acceptors (Lipinski definition) is 5. The molecule has 3 aromatic heterocycles. The van der Waals surface area contributed by atoms with Gasteiger partial charge < -0.3 is 10.3 Å². The lowest BCUT2D eigenvalue weighted by molar-refractivity contribution is 0.630. The first-order valence-electron chi connectivity index (χ1n) is 7.92. The molecule has 2 aromatic carbocycles. The molecule has 7 heteroatoms. The first-order valence-corrected chi connectivity index (χ1v) is 8.73. The van der Waals surface area contributed by atoms with Gasteiger partial charge in [0.05, 0.1) is 15.6 Å². The molecule has 5 nitrogen and oxygen atoms in total. The monoisotopic (exact) mass is 362 g/mol. The summed E-state index contributed by atoms with van der Waals surface area (Å²) in [6, 6.07) is 11.8. The van der Waals surface area contributed by atoms with E-state index in [9.17, 15) is 9.18 Å². The Hall–Kier alpha value is -3.32. The van der Waals surface area contributed by atoms with Crippen molar-refractivity contribution in [2.45, 2.75) is 0 Å². The number of anilines is 2. The van der Waals surface area contributed by atoms with Gasteiger partial charge in [0.25, 0.3) is 5.56 Å². The van der Waals surface area contributed by atoms with Gasteiger partial charge in [-0.1, -0.05) is 17.4 Å². The Labute approximate surface area is 150 Å². The van der Waals surface area contributed by atoms with Gasteiger partial charge in [-0.2, -0.15) is 0 Å². The number of thiazole rings is 1. The van der Waals surface area contributed by atoms with Crippen molar-refractivity contribution in [3.05, 3.63) is 71.0 Å². The summed E-state index contributed by atoms with van der Waals surface area (Å²) in [7, 11) is 0. The third-order valence-electron chi connectivity index (χ3n) is 4.24. The van der Waals surface area contributed by atoms with Crippen LogP contribution in [0, 0.1) is 5.82 Å². The zero-order valence-corrected chi connectivity index (χ0v) is 14.1. The van der Waals surface area contributed by atoms with E-state index in [2.05, 4.69) is 20.3 Å². The summed E-state index contributed by atoms with van der Waals surface area (Å²) >= 11 is 1.44. The third-order valence-corrected chi connectivity index (χ3v) is 5.24. The Morgan fingerprint density at radius 1 is 1.08 bits per heavy atom. The van der Waals surface area contributed by atoms with Gasteiger partial charge in [-0.3, -0.25) is 4.79 Å². The maximum atomic E-state index is 13.8. The number of aromatic amines is 1. The number of pyridine rings is 2. The largest absolute Gasteiger partial charge is 0.329 e. The number of aromatic nitrogens is 3. The van der Waals surface area contributed by atoms with Gasteiger partial charge in [0.2, 0.25) is 0 Å². The van der Waals surface area contributed by atoms with E-state index in [0.717, 1.165) is 21.0 Å². The lowest BCUT2D eigenvalue weighted by Crippen LogP contribution is -2.05. The van der Waals surface area contributed by atoms with Crippen LogP contribution >= 0.6 is 11.3 Å². The van der Waals surface area contributed by atoms with Crippen LogP contribution in [0.1, 0.15) is 0 Å². The zero-order valence-electron chi connectivity index (χ0n) is 13.3. The number of H-pyrrole nitrogens is 1. The highest BCUT2D eigenvalue weighted by atomic mass is 32.1. The van der Waals surface area contributed by atoms with Crippen molar-refractivity contribution in [2.75, 3.05) is 5.32 Å². The number of hydrogen-bond donors (Lipinski definition) is 2. The van der Waals surface area contributed by atoms with E-state index in [1.54, 1.807) is 18.5 Å². The summed E-state index contributed by atoms with van der Waals surface area (Å²) in [5.74, 6) is 0.299. The van der Waals surface area contributed by atoms with Gasteiger partial charge in [-0.05, 0) is 36.4 Å². The summed E-state index contributed by atoms with van der Waals surface area (Å²) in [6.45, 7) is 0. The molecule has 0 radical (unpaired) electrons. The molecular formula is C19H11FN4OS. The second kappa shape index (κ2) is 5.60. The van der Waals surface area contributed by atoms with Gasteiger partial charge in [0, 0.05) is 28.6 Å². The lowest BCUT2D eigenvalue weighted by atomic mass is 10.0. The van der Waals surface area contributed by atoms with Crippen molar-refractivity contribution in [1.82, 2.24) is 15.0 Å². The molecule has 0 bridgehead atoms. The molecule has 0 unspecified atom stereocenters. The molecule has 3 heterocycles. The average molecular weight is 362 g/mol. The number of fused-ring (bicyclic) bond motifs is 6. The Kier molecular flexibility index (Phi) is 3.23. The van der Waals surface area contributed by atoms with Crippen LogP contribution < -0.4 is 10.9 Å². The normalized spacial score (nSPS) is 11.4. The Morgan fingerprint density at radius 2 is 2.00 bits per heavy atom. The molecule has 0 aliphatic rings. The molecule has 0 saturated carbocycles. The number of nitrogens with zero attached hydrogens (tertiary/aromatic N) is 2. The van der Waals surface area contributed by atoms with Gasteiger partial charge in [-0.15, -0.1) is 0 Å². The smallest absolute Gasteiger partial charge is 0.256 e. The topological polar surface area (TPSA) is 70.7 Å². The van der Waals surface area contributed by atoms with Gasteiger partial charge in [0.15, 0.2) is 5.13 Å². The molecule has 2 N–H and O–H groups in total.